The number of benzene rings is 2. The van der Waals surface area contributed by atoms with Crippen LogP contribution in [-0.4, -0.2) is 10.2 Å². The summed E-state index contributed by atoms with van der Waals surface area (Å²) in [5.41, 5.74) is 1.72. The second-order valence-corrected chi connectivity index (χ2v) is 7.96. The van der Waals surface area contributed by atoms with Gasteiger partial charge >= 0.3 is 0 Å². The predicted molar refractivity (Wildman–Crippen MR) is 111 cm³/mol. The van der Waals surface area contributed by atoms with E-state index < -0.39 is 0 Å². The number of halogens is 2. The molecule has 1 fully saturated rings. The third-order valence-electron chi connectivity index (χ3n) is 3.23. The molecule has 0 bridgehead atoms. The molecule has 0 spiro atoms. The SMILES string of the molecule is O=C1C(=CC(Br)=Cc2ccccc2)SC(=S)N1c1cccc(Cl)c1. The lowest BCUT2D eigenvalue weighted by Gasteiger charge is -2.14. The van der Waals surface area contributed by atoms with Gasteiger partial charge in [-0.1, -0.05) is 87.9 Å². The smallest absolute Gasteiger partial charge is 0.268 e. The van der Waals surface area contributed by atoms with Crippen LogP contribution in [0.3, 0.4) is 0 Å². The van der Waals surface area contributed by atoms with E-state index in [0.29, 0.717) is 19.9 Å². The van der Waals surface area contributed by atoms with E-state index in [2.05, 4.69) is 15.9 Å². The number of anilines is 1. The van der Waals surface area contributed by atoms with Crippen LogP contribution < -0.4 is 4.90 Å². The molecule has 0 N–H and O–H groups in total. The highest BCUT2D eigenvalue weighted by Gasteiger charge is 2.33. The Kier molecular flexibility index (Phi) is 5.56. The molecule has 2 aromatic rings. The van der Waals surface area contributed by atoms with E-state index in [1.54, 1.807) is 24.3 Å². The number of carbonyl (C=O) groups is 1. The number of thioether (sulfide) groups is 1. The molecule has 0 atom stereocenters. The molecular weight excluding hydrogens is 426 g/mol. The van der Waals surface area contributed by atoms with Crippen molar-refractivity contribution >= 4 is 73.5 Å². The lowest BCUT2D eigenvalue weighted by atomic mass is 10.2. The minimum atomic E-state index is -0.148. The lowest BCUT2D eigenvalue weighted by molar-refractivity contribution is -0.113. The zero-order valence-corrected chi connectivity index (χ0v) is 16.3. The van der Waals surface area contributed by atoms with Crippen molar-refractivity contribution in [1.82, 2.24) is 0 Å². The maximum Gasteiger partial charge on any atom is 0.270 e. The zero-order chi connectivity index (χ0) is 17.1. The van der Waals surface area contributed by atoms with Crippen LogP contribution in [0.2, 0.25) is 5.02 Å². The van der Waals surface area contributed by atoms with E-state index in [0.717, 1.165) is 10.0 Å². The Morgan fingerprint density at radius 3 is 2.62 bits per heavy atom. The Labute approximate surface area is 163 Å². The summed E-state index contributed by atoms with van der Waals surface area (Å²) in [6.07, 6.45) is 3.74. The average Bonchev–Trinajstić information content (AvgIpc) is 2.82. The van der Waals surface area contributed by atoms with Crippen LogP contribution in [0.25, 0.3) is 6.08 Å². The number of rotatable bonds is 3. The van der Waals surface area contributed by atoms with Crippen LogP contribution in [0.15, 0.2) is 70.1 Å². The van der Waals surface area contributed by atoms with Crippen LogP contribution in [0.4, 0.5) is 5.69 Å². The number of hydrogen-bond donors (Lipinski definition) is 0. The van der Waals surface area contributed by atoms with Gasteiger partial charge < -0.3 is 0 Å². The minimum absolute atomic E-state index is 0.148. The number of thiocarbonyl (C=S) groups is 1. The third kappa shape index (κ3) is 3.98. The van der Waals surface area contributed by atoms with Crippen LogP contribution in [0.1, 0.15) is 5.56 Å². The molecule has 1 saturated heterocycles. The van der Waals surface area contributed by atoms with E-state index in [4.69, 9.17) is 23.8 Å². The van der Waals surface area contributed by atoms with Gasteiger partial charge in [-0.15, -0.1) is 0 Å². The molecule has 0 aromatic heterocycles. The highest BCUT2D eigenvalue weighted by atomic mass is 79.9. The van der Waals surface area contributed by atoms with Gasteiger partial charge in [0.05, 0.1) is 10.6 Å². The second kappa shape index (κ2) is 7.66. The molecule has 1 heterocycles. The number of hydrogen-bond acceptors (Lipinski definition) is 3. The van der Waals surface area contributed by atoms with Gasteiger partial charge in [-0.3, -0.25) is 9.69 Å². The molecular formula is C18H11BrClNOS2. The molecule has 0 radical (unpaired) electrons. The van der Waals surface area contributed by atoms with Crippen molar-refractivity contribution in [1.29, 1.82) is 0 Å². The molecule has 6 heteroatoms. The number of allylic oxidation sites excluding steroid dienone is 2. The molecule has 0 saturated carbocycles. The Balaban J connectivity index is 1.87. The monoisotopic (exact) mass is 435 g/mol. The first kappa shape index (κ1) is 17.4. The fourth-order valence-corrected chi connectivity index (χ4v) is 4.30. The Morgan fingerprint density at radius 1 is 1.17 bits per heavy atom. The standard InChI is InChI=1S/C18H11BrClNOS2/c19-13(9-12-5-2-1-3-6-12)10-16-17(22)21(18(23)24-16)15-8-4-7-14(20)11-15/h1-11H. The molecule has 2 aromatic carbocycles. The van der Waals surface area contributed by atoms with Crippen molar-refractivity contribution in [2.45, 2.75) is 0 Å². The molecule has 3 rings (SSSR count). The maximum atomic E-state index is 12.7. The van der Waals surface area contributed by atoms with E-state index in [1.165, 1.54) is 16.7 Å². The summed E-state index contributed by atoms with van der Waals surface area (Å²) in [6, 6.07) is 17.0. The summed E-state index contributed by atoms with van der Waals surface area (Å²) in [5.74, 6) is -0.148. The predicted octanol–water partition coefficient (Wildman–Crippen LogP) is 6.02. The van der Waals surface area contributed by atoms with Crippen molar-refractivity contribution in [3.63, 3.8) is 0 Å². The summed E-state index contributed by atoms with van der Waals surface area (Å²) in [6.45, 7) is 0. The van der Waals surface area contributed by atoms with Gasteiger partial charge in [-0.25, -0.2) is 0 Å². The largest absolute Gasteiger partial charge is 0.270 e. The van der Waals surface area contributed by atoms with E-state index >= 15 is 0 Å². The van der Waals surface area contributed by atoms with Gasteiger partial charge in [-0.2, -0.15) is 0 Å². The van der Waals surface area contributed by atoms with Gasteiger partial charge in [0.15, 0.2) is 4.32 Å². The quantitative estimate of drug-likeness (QED) is 0.433. The average molecular weight is 437 g/mol. The van der Waals surface area contributed by atoms with Crippen LogP contribution in [0.5, 0.6) is 0 Å². The van der Waals surface area contributed by atoms with Gasteiger partial charge in [0, 0.05) is 9.51 Å². The Morgan fingerprint density at radius 2 is 1.92 bits per heavy atom. The van der Waals surface area contributed by atoms with Crippen molar-refractivity contribution in [3.8, 4) is 0 Å². The summed E-state index contributed by atoms with van der Waals surface area (Å²) in [4.78, 5) is 14.7. The molecule has 120 valence electrons. The van der Waals surface area contributed by atoms with E-state index in [1.807, 2.05) is 42.5 Å². The first-order valence-corrected chi connectivity index (χ1v) is 9.40. The van der Waals surface area contributed by atoms with Gasteiger partial charge in [-0.05, 0) is 35.9 Å². The fourth-order valence-electron chi connectivity index (χ4n) is 2.18. The summed E-state index contributed by atoms with van der Waals surface area (Å²) in [7, 11) is 0. The van der Waals surface area contributed by atoms with Gasteiger partial charge in [0.1, 0.15) is 0 Å². The maximum absolute atomic E-state index is 12.7. The molecule has 1 amide bonds. The molecule has 1 aliphatic rings. The normalized spacial score (nSPS) is 17.0. The summed E-state index contributed by atoms with van der Waals surface area (Å²) >= 11 is 16.1. The first-order valence-electron chi connectivity index (χ1n) is 7.00. The molecule has 0 aliphatic carbocycles. The Hall–Kier alpha value is -1.40. The third-order valence-corrected chi connectivity index (χ3v) is 5.23. The molecule has 2 nitrogen and oxygen atoms in total. The Bertz CT molecular complexity index is 864. The van der Waals surface area contributed by atoms with Crippen molar-refractivity contribution < 1.29 is 4.79 Å². The number of carbonyl (C=O) groups excluding carboxylic acids is 1. The summed E-state index contributed by atoms with van der Waals surface area (Å²) in [5, 5.41) is 0.565. The van der Waals surface area contributed by atoms with Crippen molar-refractivity contribution in [2.24, 2.45) is 0 Å². The molecule has 24 heavy (non-hydrogen) atoms. The van der Waals surface area contributed by atoms with Crippen molar-refractivity contribution in [3.05, 3.63) is 80.6 Å². The zero-order valence-electron chi connectivity index (χ0n) is 12.3. The number of nitrogens with zero attached hydrogens (tertiary/aromatic N) is 1. The van der Waals surface area contributed by atoms with E-state index in [-0.39, 0.29) is 5.91 Å². The topological polar surface area (TPSA) is 20.3 Å². The lowest BCUT2D eigenvalue weighted by Crippen LogP contribution is -2.27. The van der Waals surface area contributed by atoms with Gasteiger partial charge in [0.2, 0.25) is 0 Å². The molecule has 1 aliphatic heterocycles. The van der Waals surface area contributed by atoms with Crippen LogP contribution in [-0.2, 0) is 4.79 Å². The van der Waals surface area contributed by atoms with Crippen molar-refractivity contribution in [2.75, 3.05) is 4.90 Å². The van der Waals surface area contributed by atoms with Crippen LogP contribution in [0, 0.1) is 0 Å². The number of amides is 1. The highest BCUT2D eigenvalue weighted by Crippen LogP contribution is 2.36. The highest BCUT2D eigenvalue weighted by molar-refractivity contribution is 9.12. The molecule has 0 unspecified atom stereocenters. The van der Waals surface area contributed by atoms with E-state index in [9.17, 15) is 4.79 Å². The minimum Gasteiger partial charge on any atom is -0.268 e. The first-order chi connectivity index (χ1) is 11.5. The summed E-state index contributed by atoms with van der Waals surface area (Å²) < 4.78 is 1.30. The van der Waals surface area contributed by atoms with Gasteiger partial charge in [0.25, 0.3) is 5.91 Å². The second-order valence-electron chi connectivity index (χ2n) is 4.94. The fraction of sp³-hybridized carbons (Fsp3) is 0. The van der Waals surface area contributed by atoms with Crippen LogP contribution >= 0.6 is 51.5 Å².